The summed E-state index contributed by atoms with van der Waals surface area (Å²) >= 11 is 0. The molecule has 1 unspecified atom stereocenters. The second kappa shape index (κ2) is 10.4. The van der Waals surface area contributed by atoms with Crippen molar-refractivity contribution in [3.63, 3.8) is 0 Å². The average molecular weight is 435 g/mol. The smallest absolute Gasteiger partial charge is 0.269 e. The molecule has 2 rings (SSSR count). The van der Waals surface area contributed by atoms with E-state index in [0.717, 1.165) is 18.2 Å². The third-order valence-electron chi connectivity index (χ3n) is 4.34. The van der Waals surface area contributed by atoms with Crippen LogP contribution in [0.25, 0.3) is 0 Å². The van der Waals surface area contributed by atoms with Crippen molar-refractivity contribution in [2.24, 2.45) is 5.92 Å². The molecular formula is C21H23F2N3O5. The summed E-state index contributed by atoms with van der Waals surface area (Å²) in [7, 11) is 2.85. The average Bonchev–Trinajstić information content (AvgIpc) is 2.74. The Hall–Kier alpha value is -3.69. The minimum Gasteiger partial charge on any atom is -0.497 e. The molecule has 2 aromatic carbocycles. The van der Waals surface area contributed by atoms with Crippen LogP contribution in [-0.4, -0.2) is 38.0 Å². The monoisotopic (exact) mass is 435 g/mol. The van der Waals surface area contributed by atoms with Gasteiger partial charge in [0, 0.05) is 11.6 Å². The molecule has 166 valence electrons. The van der Waals surface area contributed by atoms with Gasteiger partial charge in [-0.2, -0.15) is 0 Å². The Kier molecular flexibility index (Phi) is 7.89. The largest absolute Gasteiger partial charge is 0.497 e. The maximum absolute atomic E-state index is 13.8. The zero-order valence-electron chi connectivity index (χ0n) is 17.4. The van der Waals surface area contributed by atoms with E-state index in [4.69, 9.17) is 9.47 Å². The van der Waals surface area contributed by atoms with Crippen LogP contribution in [0.3, 0.4) is 0 Å². The number of carbonyl (C=O) groups is 3. The van der Waals surface area contributed by atoms with E-state index in [9.17, 15) is 23.2 Å². The Bertz CT molecular complexity index is 939. The second-order valence-electron chi connectivity index (χ2n) is 6.84. The molecule has 0 spiro atoms. The molecule has 0 heterocycles. The molecule has 2 aromatic rings. The topological polar surface area (TPSA) is 106 Å². The number of carbonyl (C=O) groups excluding carboxylic acids is 3. The first-order chi connectivity index (χ1) is 14.7. The van der Waals surface area contributed by atoms with Crippen molar-refractivity contribution in [2.75, 3.05) is 14.2 Å². The van der Waals surface area contributed by atoms with Crippen LogP contribution in [-0.2, 0) is 4.79 Å². The number of nitrogens with one attached hydrogen (secondary N) is 3. The van der Waals surface area contributed by atoms with Crippen molar-refractivity contribution in [2.45, 2.75) is 19.9 Å². The molecule has 3 N–H and O–H groups in total. The zero-order valence-corrected chi connectivity index (χ0v) is 17.4. The summed E-state index contributed by atoms with van der Waals surface area (Å²) in [6, 6.07) is 6.26. The molecule has 8 nitrogen and oxygen atoms in total. The summed E-state index contributed by atoms with van der Waals surface area (Å²) in [6.45, 7) is 3.24. The van der Waals surface area contributed by atoms with E-state index in [1.807, 2.05) is 0 Å². The first-order valence-corrected chi connectivity index (χ1v) is 9.26. The Labute approximate surface area is 177 Å². The van der Waals surface area contributed by atoms with Crippen molar-refractivity contribution in [3.8, 4) is 11.5 Å². The summed E-state index contributed by atoms with van der Waals surface area (Å²) in [6.07, 6.45) is 0. The Balaban J connectivity index is 2.09. The normalized spacial score (nSPS) is 11.5. The lowest BCUT2D eigenvalue weighted by atomic mass is 10.0. The van der Waals surface area contributed by atoms with Crippen molar-refractivity contribution in [1.82, 2.24) is 16.2 Å². The lowest BCUT2D eigenvalue weighted by Gasteiger charge is -2.22. The van der Waals surface area contributed by atoms with E-state index in [0.29, 0.717) is 11.5 Å². The van der Waals surface area contributed by atoms with E-state index in [1.54, 1.807) is 19.9 Å². The number of methoxy groups -OCH3 is 2. The van der Waals surface area contributed by atoms with Gasteiger partial charge < -0.3 is 14.8 Å². The molecule has 0 radical (unpaired) electrons. The van der Waals surface area contributed by atoms with E-state index in [1.165, 1.54) is 26.4 Å². The van der Waals surface area contributed by atoms with Gasteiger partial charge in [0.15, 0.2) is 0 Å². The molecule has 0 aliphatic carbocycles. The molecule has 0 aliphatic rings. The maximum atomic E-state index is 13.8. The molecule has 0 fully saturated rings. The highest BCUT2D eigenvalue weighted by molar-refractivity contribution is 5.99. The van der Waals surface area contributed by atoms with E-state index >= 15 is 0 Å². The van der Waals surface area contributed by atoms with Crippen LogP contribution in [0.5, 0.6) is 11.5 Å². The molecule has 1 atom stereocenters. The van der Waals surface area contributed by atoms with Crippen LogP contribution >= 0.6 is 0 Å². The Morgan fingerprint density at radius 3 is 1.90 bits per heavy atom. The molecule has 3 amide bonds. The minimum atomic E-state index is -1.17. The van der Waals surface area contributed by atoms with E-state index in [-0.39, 0.29) is 5.56 Å². The second-order valence-corrected chi connectivity index (χ2v) is 6.84. The number of halogens is 2. The predicted octanol–water partition coefficient (Wildman–Crippen LogP) is 2.20. The van der Waals surface area contributed by atoms with Crippen LogP contribution in [0.4, 0.5) is 8.78 Å². The van der Waals surface area contributed by atoms with Gasteiger partial charge in [0.05, 0.1) is 14.2 Å². The molecular weight excluding hydrogens is 412 g/mol. The molecule has 0 bridgehead atoms. The highest BCUT2D eigenvalue weighted by atomic mass is 19.1. The van der Waals surface area contributed by atoms with Gasteiger partial charge in [0.25, 0.3) is 17.7 Å². The number of ether oxygens (including phenoxy) is 2. The predicted molar refractivity (Wildman–Crippen MR) is 108 cm³/mol. The maximum Gasteiger partial charge on any atom is 0.269 e. The standard InChI is InChI=1S/C21H23F2N3O5/c1-11(2)18(24-20(28)17-15(22)6-5-7-16(17)23)21(29)26-25-19(27)12-8-13(30-3)10-14(9-12)31-4/h5-11,18H,1-4H3,(H,24,28)(H,25,27)(H,26,29). The summed E-state index contributed by atoms with van der Waals surface area (Å²) in [5, 5.41) is 2.29. The van der Waals surface area contributed by atoms with Gasteiger partial charge in [-0.1, -0.05) is 19.9 Å². The lowest BCUT2D eigenvalue weighted by Crippen LogP contribution is -2.54. The van der Waals surface area contributed by atoms with Gasteiger partial charge in [-0.3, -0.25) is 25.2 Å². The fourth-order valence-corrected chi connectivity index (χ4v) is 2.67. The number of hydrazine groups is 1. The summed E-state index contributed by atoms with van der Waals surface area (Å²) in [5.41, 5.74) is 3.77. The van der Waals surface area contributed by atoms with Crippen LogP contribution in [0.2, 0.25) is 0 Å². The third kappa shape index (κ3) is 5.91. The van der Waals surface area contributed by atoms with Crippen LogP contribution in [0.15, 0.2) is 36.4 Å². The molecule has 0 aliphatic heterocycles. The highest BCUT2D eigenvalue weighted by Crippen LogP contribution is 2.22. The molecule has 31 heavy (non-hydrogen) atoms. The van der Waals surface area contributed by atoms with Crippen molar-refractivity contribution in [1.29, 1.82) is 0 Å². The van der Waals surface area contributed by atoms with Gasteiger partial charge in [-0.15, -0.1) is 0 Å². The van der Waals surface area contributed by atoms with Crippen molar-refractivity contribution >= 4 is 17.7 Å². The van der Waals surface area contributed by atoms with Gasteiger partial charge >= 0.3 is 0 Å². The summed E-state index contributed by atoms with van der Waals surface area (Å²) in [5.74, 6) is -4.35. The third-order valence-corrected chi connectivity index (χ3v) is 4.34. The van der Waals surface area contributed by atoms with Crippen LogP contribution in [0.1, 0.15) is 34.6 Å². The molecule has 0 saturated heterocycles. The number of amides is 3. The van der Waals surface area contributed by atoms with Gasteiger partial charge in [-0.25, -0.2) is 8.78 Å². The van der Waals surface area contributed by atoms with Crippen molar-refractivity contribution in [3.05, 3.63) is 59.2 Å². The molecule has 10 heteroatoms. The van der Waals surface area contributed by atoms with E-state index < -0.39 is 46.9 Å². The Morgan fingerprint density at radius 2 is 1.42 bits per heavy atom. The van der Waals surface area contributed by atoms with Gasteiger partial charge in [0.1, 0.15) is 34.7 Å². The molecule has 0 saturated carbocycles. The first-order valence-electron chi connectivity index (χ1n) is 9.26. The first kappa shape index (κ1) is 23.6. The van der Waals surface area contributed by atoms with Crippen molar-refractivity contribution < 1.29 is 32.6 Å². The zero-order chi connectivity index (χ0) is 23.1. The van der Waals surface area contributed by atoms with Gasteiger partial charge in [-0.05, 0) is 30.2 Å². The quantitative estimate of drug-likeness (QED) is 0.579. The summed E-state index contributed by atoms with van der Waals surface area (Å²) in [4.78, 5) is 37.2. The number of hydrogen-bond acceptors (Lipinski definition) is 5. The summed E-state index contributed by atoms with van der Waals surface area (Å²) < 4.78 is 37.9. The lowest BCUT2D eigenvalue weighted by molar-refractivity contribution is -0.124. The number of benzene rings is 2. The fraction of sp³-hybridized carbons (Fsp3) is 0.286. The van der Waals surface area contributed by atoms with Crippen LogP contribution in [0, 0.1) is 17.6 Å². The van der Waals surface area contributed by atoms with E-state index in [2.05, 4.69) is 16.2 Å². The Morgan fingerprint density at radius 1 is 0.871 bits per heavy atom. The highest BCUT2D eigenvalue weighted by Gasteiger charge is 2.27. The number of hydrogen-bond donors (Lipinski definition) is 3. The number of rotatable bonds is 7. The minimum absolute atomic E-state index is 0.148. The fourth-order valence-electron chi connectivity index (χ4n) is 2.67. The molecule has 0 aromatic heterocycles. The van der Waals surface area contributed by atoms with Crippen LogP contribution < -0.4 is 25.6 Å². The SMILES string of the molecule is COc1cc(OC)cc(C(=O)NNC(=O)C(NC(=O)c2c(F)cccc2F)C(C)C)c1. The van der Waals surface area contributed by atoms with Gasteiger partial charge in [0.2, 0.25) is 0 Å².